The lowest BCUT2D eigenvalue weighted by atomic mass is 10.1. The van der Waals surface area contributed by atoms with E-state index in [0.717, 1.165) is 10.6 Å². The van der Waals surface area contributed by atoms with Crippen molar-refractivity contribution in [1.82, 2.24) is 9.55 Å². The summed E-state index contributed by atoms with van der Waals surface area (Å²) in [5, 5.41) is 38.1. The Hall–Kier alpha value is -1.67. The summed E-state index contributed by atoms with van der Waals surface area (Å²) >= 11 is 0. The number of nitrogens with zero attached hydrogens (tertiary/aromatic N) is 1. The van der Waals surface area contributed by atoms with Gasteiger partial charge in [-0.2, -0.15) is 0 Å². The summed E-state index contributed by atoms with van der Waals surface area (Å²) in [4.78, 5) is 24.9. The molecular formula is C14H19FN2O9. The molecule has 0 aliphatic carbocycles. The first kappa shape index (κ1) is 19.1. The Bertz CT molecular complexity index is 750. The minimum Gasteiger partial charge on any atom is -0.394 e. The Labute approximate surface area is 145 Å². The molecule has 12 heteroatoms. The van der Waals surface area contributed by atoms with Crippen molar-refractivity contribution >= 4 is 0 Å². The number of aliphatic hydroxyl groups is 4. The molecule has 11 nitrogen and oxygen atoms in total. The van der Waals surface area contributed by atoms with Gasteiger partial charge >= 0.3 is 5.69 Å². The number of hydrogen-bond donors (Lipinski definition) is 5. The number of hydrogen-bond acceptors (Lipinski definition) is 9. The molecule has 0 bridgehead atoms. The summed E-state index contributed by atoms with van der Waals surface area (Å²) in [6, 6.07) is 1.12. The second-order valence-electron chi connectivity index (χ2n) is 6.14. The van der Waals surface area contributed by atoms with Crippen LogP contribution in [0.1, 0.15) is 12.6 Å². The molecule has 0 aromatic carbocycles. The van der Waals surface area contributed by atoms with Gasteiger partial charge in [0.05, 0.1) is 19.3 Å². The third-order valence-corrected chi connectivity index (χ3v) is 4.35. The number of aromatic nitrogens is 2. The molecule has 2 saturated heterocycles. The molecule has 146 valence electrons. The molecule has 7 atom stereocenters. The van der Waals surface area contributed by atoms with E-state index in [4.69, 9.17) is 19.3 Å². The Balaban J connectivity index is 1.63. The molecule has 3 rings (SSSR count). The van der Waals surface area contributed by atoms with Crippen LogP contribution in [0.3, 0.4) is 0 Å². The maximum Gasteiger partial charge on any atom is 0.330 e. The highest BCUT2D eigenvalue weighted by atomic mass is 19.2. The summed E-state index contributed by atoms with van der Waals surface area (Å²) in [5.41, 5.74) is -1.30. The maximum atomic E-state index is 14.1. The SMILES string of the molecule is O=c1ccn([C@H]2C[C@H](O)[C@@H](COC3O[C@H](CO)[C@@H](O)[C@@]3(O)F)O2)c(=O)[nH]1. The van der Waals surface area contributed by atoms with Gasteiger partial charge in [0.1, 0.15) is 24.5 Å². The molecule has 3 heterocycles. The Morgan fingerprint density at radius 2 is 2.08 bits per heavy atom. The lowest BCUT2D eigenvalue weighted by Crippen LogP contribution is -2.46. The van der Waals surface area contributed by atoms with E-state index in [0.29, 0.717) is 0 Å². The van der Waals surface area contributed by atoms with Crippen LogP contribution in [0.2, 0.25) is 0 Å². The average Bonchev–Trinajstić information content (AvgIpc) is 3.04. The van der Waals surface area contributed by atoms with Crippen molar-refractivity contribution in [2.45, 2.75) is 49.2 Å². The zero-order chi connectivity index (χ0) is 19.1. The number of H-pyrrole nitrogens is 1. The normalized spacial score (nSPS) is 40.2. The van der Waals surface area contributed by atoms with Crippen molar-refractivity contribution in [3.8, 4) is 0 Å². The minimum absolute atomic E-state index is 0.00723. The highest BCUT2D eigenvalue weighted by Gasteiger charge is 2.57. The molecular weight excluding hydrogens is 359 g/mol. The monoisotopic (exact) mass is 378 g/mol. The molecule has 2 fully saturated rings. The van der Waals surface area contributed by atoms with Crippen molar-refractivity contribution < 1.29 is 39.0 Å². The van der Waals surface area contributed by atoms with E-state index in [-0.39, 0.29) is 6.42 Å². The highest BCUT2D eigenvalue weighted by Crippen LogP contribution is 2.34. The van der Waals surface area contributed by atoms with Crippen LogP contribution in [0.25, 0.3) is 0 Å². The highest BCUT2D eigenvalue weighted by molar-refractivity contribution is 4.93. The van der Waals surface area contributed by atoms with Gasteiger partial charge in [0.2, 0.25) is 6.29 Å². The molecule has 1 aromatic rings. The Morgan fingerprint density at radius 1 is 1.35 bits per heavy atom. The molecule has 2 aliphatic heterocycles. The largest absolute Gasteiger partial charge is 0.394 e. The van der Waals surface area contributed by atoms with Crippen LogP contribution >= 0.6 is 0 Å². The maximum absolute atomic E-state index is 14.1. The second-order valence-corrected chi connectivity index (χ2v) is 6.14. The molecule has 0 spiro atoms. The van der Waals surface area contributed by atoms with E-state index in [1.807, 2.05) is 0 Å². The summed E-state index contributed by atoms with van der Waals surface area (Å²) in [5.74, 6) is -3.24. The van der Waals surface area contributed by atoms with Crippen LogP contribution in [-0.4, -0.2) is 79.8 Å². The van der Waals surface area contributed by atoms with Gasteiger partial charge in [-0.1, -0.05) is 0 Å². The van der Waals surface area contributed by atoms with E-state index in [1.165, 1.54) is 6.20 Å². The third kappa shape index (κ3) is 3.44. The van der Waals surface area contributed by atoms with Crippen LogP contribution in [0.5, 0.6) is 0 Å². The van der Waals surface area contributed by atoms with Crippen molar-refractivity contribution in [2.75, 3.05) is 13.2 Å². The predicted octanol–water partition coefficient (Wildman–Crippen LogP) is -3.06. The zero-order valence-electron chi connectivity index (χ0n) is 13.4. The first-order valence-electron chi connectivity index (χ1n) is 7.86. The number of ether oxygens (including phenoxy) is 3. The number of halogens is 1. The number of nitrogens with one attached hydrogen (secondary N) is 1. The molecule has 1 aromatic heterocycles. The van der Waals surface area contributed by atoms with Gasteiger partial charge in [-0.05, 0) is 0 Å². The van der Waals surface area contributed by atoms with Gasteiger partial charge < -0.3 is 34.6 Å². The first-order valence-corrected chi connectivity index (χ1v) is 7.86. The van der Waals surface area contributed by atoms with Crippen molar-refractivity contribution in [3.05, 3.63) is 33.1 Å². The number of aliphatic hydroxyl groups excluding tert-OH is 3. The van der Waals surface area contributed by atoms with Crippen LogP contribution < -0.4 is 11.2 Å². The molecule has 0 saturated carbocycles. The molecule has 0 amide bonds. The zero-order valence-corrected chi connectivity index (χ0v) is 13.4. The van der Waals surface area contributed by atoms with Crippen molar-refractivity contribution in [2.24, 2.45) is 0 Å². The topological polar surface area (TPSA) is 163 Å². The van der Waals surface area contributed by atoms with Gasteiger partial charge in [-0.3, -0.25) is 14.3 Å². The van der Waals surface area contributed by atoms with Gasteiger partial charge in [0.25, 0.3) is 11.4 Å². The standard InChI is InChI=1S/C14H19FN2O9/c15-14(23)11(21)7(4-18)26-12(14)24-5-8-6(19)3-10(25-8)17-2-1-9(20)16-13(17)22/h1-2,6-8,10-12,18-19,21,23H,3-5H2,(H,16,20,22)/t6-,7+,8+,10+,11+,12?,14-/m0/s1. The van der Waals surface area contributed by atoms with Gasteiger partial charge in [0.15, 0.2) is 0 Å². The predicted molar refractivity (Wildman–Crippen MR) is 79.6 cm³/mol. The lowest BCUT2D eigenvalue weighted by molar-refractivity contribution is -0.267. The average molecular weight is 378 g/mol. The van der Waals surface area contributed by atoms with Crippen molar-refractivity contribution in [3.63, 3.8) is 0 Å². The van der Waals surface area contributed by atoms with Crippen LogP contribution in [0.15, 0.2) is 21.9 Å². The summed E-state index contributed by atoms with van der Waals surface area (Å²) in [7, 11) is 0. The third-order valence-electron chi connectivity index (χ3n) is 4.35. The second kappa shape index (κ2) is 7.15. The number of aromatic amines is 1. The van der Waals surface area contributed by atoms with E-state index < -0.39 is 67.3 Å². The Kier molecular flexibility index (Phi) is 5.25. The van der Waals surface area contributed by atoms with E-state index in [1.54, 1.807) is 0 Å². The summed E-state index contributed by atoms with van der Waals surface area (Å²) in [6.07, 6.45) is -6.98. The van der Waals surface area contributed by atoms with E-state index in [2.05, 4.69) is 4.98 Å². The fourth-order valence-corrected chi connectivity index (χ4v) is 2.90. The lowest BCUT2D eigenvalue weighted by Gasteiger charge is -2.24. The van der Waals surface area contributed by atoms with Gasteiger partial charge in [0, 0.05) is 18.7 Å². The smallest absolute Gasteiger partial charge is 0.330 e. The molecule has 2 aliphatic rings. The van der Waals surface area contributed by atoms with Crippen LogP contribution in [-0.2, 0) is 14.2 Å². The number of alkyl halides is 1. The van der Waals surface area contributed by atoms with Crippen LogP contribution in [0, 0.1) is 0 Å². The summed E-state index contributed by atoms with van der Waals surface area (Å²) in [6.45, 7) is -1.15. The quantitative estimate of drug-likeness (QED) is 0.358. The summed E-state index contributed by atoms with van der Waals surface area (Å²) < 4.78 is 30.6. The molecule has 26 heavy (non-hydrogen) atoms. The Morgan fingerprint density at radius 3 is 2.69 bits per heavy atom. The van der Waals surface area contributed by atoms with Gasteiger partial charge in [-0.25, -0.2) is 9.18 Å². The van der Waals surface area contributed by atoms with E-state index in [9.17, 15) is 29.3 Å². The van der Waals surface area contributed by atoms with Crippen LogP contribution in [0.4, 0.5) is 4.39 Å². The number of rotatable bonds is 5. The minimum atomic E-state index is -3.24. The molecule has 1 unspecified atom stereocenters. The van der Waals surface area contributed by atoms with Gasteiger partial charge in [-0.15, -0.1) is 0 Å². The van der Waals surface area contributed by atoms with E-state index >= 15 is 0 Å². The first-order chi connectivity index (χ1) is 12.2. The van der Waals surface area contributed by atoms with Crippen molar-refractivity contribution in [1.29, 1.82) is 0 Å². The molecule has 5 N–H and O–H groups in total. The molecule has 0 radical (unpaired) electrons. The fourth-order valence-electron chi connectivity index (χ4n) is 2.90. The fraction of sp³-hybridized carbons (Fsp3) is 0.714.